The van der Waals surface area contributed by atoms with Crippen LogP contribution in [0.5, 0.6) is 0 Å². The Kier molecular flexibility index (Phi) is 4.24. The summed E-state index contributed by atoms with van der Waals surface area (Å²) in [6, 6.07) is 6.27. The molecule has 1 atom stereocenters. The highest BCUT2D eigenvalue weighted by molar-refractivity contribution is 6.07. The monoisotopic (exact) mass is 334 g/mol. The first kappa shape index (κ1) is 17.4. The van der Waals surface area contributed by atoms with Crippen molar-refractivity contribution in [1.29, 1.82) is 0 Å². The van der Waals surface area contributed by atoms with Gasteiger partial charge in [-0.25, -0.2) is 0 Å². The van der Waals surface area contributed by atoms with Crippen LogP contribution < -0.4 is 4.90 Å². The number of terminal acetylenes is 1. The van der Waals surface area contributed by atoms with Crippen molar-refractivity contribution in [2.75, 3.05) is 11.4 Å². The first-order valence-electron chi connectivity index (χ1n) is 8.77. The van der Waals surface area contributed by atoms with Crippen LogP contribution in [-0.4, -0.2) is 17.0 Å². The Morgan fingerprint density at radius 1 is 1.40 bits per heavy atom. The van der Waals surface area contributed by atoms with Crippen LogP contribution in [0.4, 0.5) is 5.69 Å². The average molecular weight is 334 g/mol. The minimum Gasteiger partial charge on any atom is -0.356 e. The zero-order chi connectivity index (χ0) is 18.4. The number of carbonyl (C=O) groups excluding carboxylic acids is 1. The van der Waals surface area contributed by atoms with Crippen LogP contribution in [0.2, 0.25) is 0 Å². The summed E-state index contributed by atoms with van der Waals surface area (Å²) < 4.78 is 1.91. The smallest absolute Gasteiger partial charge is 0.260 e. The zero-order valence-corrected chi connectivity index (χ0v) is 15.8. The van der Waals surface area contributed by atoms with Gasteiger partial charge in [0.25, 0.3) is 5.91 Å². The third-order valence-corrected chi connectivity index (χ3v) is 5.29. The number of nitrogens with zero attached hydrogens (tertiary/aromatic N) is 2. The predicted octanol–water partition coefficient (Wildman–Crippen LogP) is 4.40. The number of aromatic nitrogens is 1. The highest BCUT2D eigenvalue weighted by Crippen LogP contribution is 2.49. The van der Waals surface area contributed by atoms with E-state index >= 15 is 0 Å². The summed E-state index contributed by atoms with van der Waals surface area (Å²) >= 11 is 0. The largest absolute Gasteiger partial charge is 0.356 e. The molecule has 3 rings (SSSR count). The predicted molar refractivity (Wildman–Crippen MR) is 103 cm³/mol. The summed E-state index contributed by atoms with van der Waals surface area (Å²) in [5.74, 6) is 3.05. The van der Waals surface area contributed by atoms with E-state index in [0.717, 1.165) is 17.7 Å². The molecule has 1 aromatic heterocycles. The quantitative estimate of drug-likeness (QED) is 0.764. The summed E-state index contributed by atoms with van der Waals surface area (Å²) in [5.41, 5.74) is 5.36. The van der Waals surface area contributed by atoms with Crippen LogP contribution in [0.1, 0.15) is 60.2 Å². The molecule has 0 saturated carbocycles. The molecule has 1 unspecified atom stereocenters. The lowest BCUT2D eigenvalue weighted by Gasteiger charge is -2.25. The fraction of sp³-hybridized carbons (Fsp3) is 0.409. The number of hydrogen-bond donors (Lipinski definition) is 0. The maximum absolute atomic E-state index is 13.3. The van der Waals surface area contributed by atoms with Gasteiger partial charge in [0.1, 0.15) is 0 Å². The SMILES string of the molecule is C#CCN(C(=O)c1cn(C)cc1C)c1cccc2c1C(C)CC2(C)C. The van der Waals surface area contributed by atoms with Crippen LogP contribution in [0.25, 0.3) is 0 Å². The van der Waals surface area contributed by atoms with Crippen molar-refractivity contribution in [2.45, 2.75) is 45.4 Å². The second kappa shape index (κ2) is 6.11. The van der Waals surface area contributed by atoms with E-state index in [-0.39, 0.29) is 17.9 Å². The summed E-state index contributed by atoms with van der Waals surface area (Å²) in [5, 5.41) is 0. The molecule has 3 heteroatoms. The van der Waals surface area contributed by atoms with Crippen molar-refractivity contribution in [1.82, 2.24) is 4.57 Å². The molecule has 1 aliphatic rings. The van der Waals surface area contributed by atoms with Crippen molar-refractivity contribution < 1.29 is 4.79 Å². The second-order valence-electron chi connectivity index (χ2n) is 7.84. The van der Waals surface area contributed by atoms with Crippen molar-refractivity contribution >= 4 is 11.6 Å². The summed E-state index contributed by atoms with van der Waals surface area (Å²) in [7, 11) is 1.93. The van der Waals surface area contributed by atoms with E-state index in [2.05, 4.69) is 32.8 Å². The maximum Gasteiger partial charge on any atom is 0.260 e. The van der Waals surface area contributed by atoms with E-state index in [1.54, 1.807) is 4.90 Å². The molecule has 1 heterocycles. The standard InChI is InChI=1S/C22H26N2O/c1-7-11-24(21(25)17-14-23(6)13-16(17)3)19-10-8-9-18-20(19)15(2)12-22(18,4)5/h1,8-10,13-15H,11-12H2,2-6H3. The molecule has 0 radical (unpaired) electrons. The van der Waals surface area contributed by atoms with Crippen LogP contribution in [0, 0.1) is 19.3 Å². The molecular weight excluding hydrogens is 308 g/mol. The molecule has 25 heavy (non-hydrogen) atoms. The van der Waals surface area contributed by atoms with E-state index in [1.165, 1.54) is 11.1 Å². The van der Waals surface area contributed by atoms with Crippen molar-refractivity contribution in [3.8, 4) is 12.3 Å². The average Bonchev–Trinajstić information content (AvgIpc) is 3.00. The third kappa shape index (κ3) is 2.87. The van der Waals surface area contributed by atoms with E-state index in [0.29, 0.717) is 11.5 Å². The van der Waals surface area contributed by atoms with Gasteiger partial charge in [-0.05, 0) is 47.4 Å². The molecule has 0 aliphatic heterocycles. The van der Waals surface area contributed by atoms with Gasteiger partial charge in [0.2, 0.25) is 0 Å². The fourth-order valence-electron chi connectivity index (χ4n) is 4.32. The van der Waals surface area contributed by atoms with Gasteiger partial charge in [-0.3, -0.25) is 9.69 Å². The Bertz CT molecular complexity index is 867. The molecule has 3 nitrogen and oxygen atoms in total. The zero-order valence-electron chi connectivity index (χ0n) is 15.8. The summed E-state index contributed by atoms with van der Waals surface area (Å²) in [6.45, 7) is 9.02. The molecule has 130 valence electrons. The topological polar surface area (TPSA) is 25.2 Å². The van der Waals surface area contributed by atoms with Crippen molar-refractivity contribution in [2.24, 2.45) is 7.05 Å². The number of aryl methyl sites for hydroxylation is 2. The fourth-order valence-corrected chi connectivity index (χ4v) is 4.32. The Morgan fingerprint density at radius 2 is 2.12 bits per heavy atom. The molecule has 2 aromatic rings. The second-order valence-corrected chi connectivity index (χ2v) is 7.84. The van der Waals surface area contributed by atoms with Crippen LogP contribution in [0.3, 0.4) is 0 Å². The van der Waals surface area contributed by atoms with Gasteiger partial charge in [-0.2, -0.15) is 0 Å². The lowest BCUT2D eigenvalue weighted by atomic mass is 9.86. The van der Waals surface area contributed by atoms with E-state index in [4.69, 9.17) is 6.42 Å². The molecule has 0 fully saturated rings. The number of benzene rings is 1. The highest BCUT2D eigenvalue weighted by atomic mass is 16.2. The van der Waals surface area contributed by atoms with Gasteiger partial charge in [-0.15, -0.1) is 6.42 Å². The number of carbonyl (C=O) groups is 1. The first-order valence-corrected chi connectivity index (χ1v) is 8.77. The molecular formula is C22H26N2O. The Balaban J connectivity index is 2.12. The Labute approximate surface area is 150 Å². The highest BCUT2D eigenvalue weighted by Gasteiger charge is 2.37. The minimum absolute atomic E-state index is 0.0265. The molecule has 0 saturated heterocycles. The van der Waals surface area contributed by atoms with Crippen molar-refractivity contribution in [3.05, 3.63) is 52.8 Å². The van der Waals surface area contributed by atoms with Gasteiger partial charge < -0.3 is 4.57 Å². The number of hydrogen-bond acceptors (Lipinski definition) is 1. The lowest BCUT2D eigenvalue weighted by molar-refractivity contribution is 0.0989. The maximum atomic E-state index is 13.3. The number of anilines is 1. The van der Waals surface area contributed by atoms with E-state index < -0.39 is 0 Å². The normalized spacial score (nSPS) is 17.8. The Morgan fingerprint density at radius 3 is 2.72 bits per heavy atom. The van der Waals surface area contributed by atoms with Gasteiger partial charge in [0.05, 0.1) is 12.1 Å². The number of amides is 1. The summed E-state index contributed by atoms with van der Waals surface area (Å²) in [6.07, 6.45) is 10.5. The van der Waals surface area contributed by atoms with Crippen LogP contribution in [0.15, 0.2) is 30.6 Å². The number of fused-ring (bicyclic) bond motifs is 1. The van der Waals surface area contributed by atoms with Gasteiger partial charge in [0, 0.05) is 25.1 Å². The first-order chi connectivity index (χ1) is 11.8. The lowest BCUT2D eigenvalue weighted by Crippen LogP contribution is -2.32. The van der Waals surface area contributed by atoms with Crippen LogP contribution in [-0.2, 0) is 12.5 Å². The molecule has 1 amide bonds. The number of rotatable bonds is 3. The molecule has 0 spiro atoms. The van der Waals surface area contributed by atoms with Crippen LogP contribution >= 0.6 is 0 Å². The minimum atomic E-state index is -0.0265. The van der Waals surface area contributed by atoms with E-state index in [1.807, 2.05) is 43.1 Å². The summed E-state index contributed by atoms with van der Waals surface area (Å²) in [4.78, 5) is 15.0. The van der Waals surface area contributed by atoms with Gasteiger partial charge in [-0.1, -0.05) is 38.8 Å². The molecule has 1 aromatic carbocycles. The molecule has 0 N–H and O–H groups in total. The Hall–Kier alpha value is -2.47. The third-order valence-electron chi connectivity index (χ3n) is 5.29. The molecule has 1 aliphatic carbocycles. The van der Waals surface area contributed by atoms with Crippen molar-refractivity contribution in [3.63, 3.8) is 0 Å². The van der Waals surface area contributed by atoms with Gasteiger partial charge >= 0.3 is 0 Å². The van der Waals surface area contributed by atoms with Gasteiger partial charge in [0.15, 0.2) is 0 Å². The molecule has 0 bridgehead atoms. The van der Waals surface area contributed by atoms with E-state index in [9.17, 15) is 4.79 Å².